The number of amides is 3. The van der Waals surface area contributed by atoms with Crippen LogP contribution in [0.4, 0.5) is 5.69 Å². The summed E-state index contributed by atoms with van der Waals surface area (Å²) in [5.41, 5.74) is 0.434. The van der Waals surface area contributed by atoms with Gasteiger partial charge < -0.3 is 14.8 Å². The Balaban J connectivity index is 1.38. The highest BCUT2D eigenvalue weighted by Crippen LogP contribution is 2.65. The second kappa shape index (κ2) is 6.34. The van der Waals surface area contributed by atoms with Gasteiger partial charge in [-0.25, -0.2) is 0 Å². The molecule has 152 valence electrons. The quantitative estimate of drug-likeness (QED) is 0.609. The number of allylic oxidation sites excluding steroid dienone is 2. The summed E-state index contributed by atoms with van der Waals surface area (Å²) in [5, 5.41) is 2.79. The minimum atomic E-state index is -0.896. The number of rotatable bonds is 5. The third-order valence-electron chi connectivity index (χ3n) is 7.13. The molecule has 29 heavy (non-hydrogen) atoms. The van der Waals surface area contributed by atoms with Gasteiger partial charge in [0.05, 0.1) is 31.7 Å². The molecule has 1 aromatic rings. The Kier molecular flexibility index (Phi) is 3.98. The van der Waals surface area contributed by atoms with Gasteiger partial charge in [0.2, 0.25) is 17.7 Å². The molecule has 7 nitrogen and oxygen atoms in total. The van der Waals surface area contributed by atoms with Crippen LogP contribution in [0.15, 0.2) is 30.4 Å². The molecule has 7 heteroatoms. The number of ether oxygens (including phenoxy) is 2. The normalized spacial score (nSPS) is 34.5. The maximum atomic E-state index is 13.2. The molecule has 5 aliphatic rings. The predicted molar refractivity (Wildman–Crippen MR) is 104 cm³/mol. The van der Waals surface area contributed by atoms with Crippen molar-refractivity contribution in [2.75, 3.05) is 19.5 Å². The van der Waals surface area contributed by atoms with E-state index in [1.165, 1.54) is 19.1 Å². The van der Waals surface area contributed by atoms with Crippen molar-refractivity contribution < 1.29 is 23.9 Å². The van der Waals surface area contributed by atoms with Crippen molar-refractivity contribution in [1.82, 2.24) is 4.90 Å². The molecule has 2 saturated carbocycles. The molecule has 1 saturated heterocycles. The van der Waals surface area contributed by atoms with E-state index in [0.717, 1.165) is 6.42 Å². The number of nitrogens with one attached hydrogen (secondary N) is 1. The summed E-state index contributed by atoms with van der Waals surface area (Å²) in [6.45, 7) is 1.60. The fraction of sp³-hybridized carbons (Fsp3) is 0.500. The van der Waals surface area contributed by atoms with Crippen LogP contribution in [0.1, 0.15) is 13.3 Å². The van der Waals surface area contributed by atoms with E-state index < -0.39 is 11.9 Å². The van der Waals surface area contributed by atoms with Gasteiger partial charge in [-0.1, -0.05) is 12.2 Å². The van der Waals surface area contributed by atoms with E-state index in [1.54, 1.807) is 25.1 Å². The average Bonchev–Trinajstić information content (AvgIpc) is 3.51. The Morgan fingerprint density at radius 3 is 2.24 bits per heavy atom. The zero-order valence-electron chi connectivity index (χ0n) is 16.6. The number of hydrogen-bond acceptors (Lipinski definition) is 5. The number of methoxy groups -OCH3 is 2. The lowest BCUT2D eigenvalue weighted by molar-refractivity contribution is -0.146. The highest BCUT2D eigenvalue weighted by Gasteiger charge is 2.67. The molecule has 3 amide bonds. The third kappa shape index (κ3) is 2.52. The van der Waals surface area contributed by atoms with Crippen molar-refractivity contribution in [3.63, 3.8) is 0 Å². The van der Waals surface area contributed by atoms with Crippen molar-refractivity contribution in [2.45, 2.75) is 19.4 Å². The van der Waals surface area contributed by atoms with Gasteiger partial charge >= 0.3 is 0 Å². The van der Waals surface area contributed by atoms with E-state index >= 15 is 0 Å². The first-order chi connectivity index (χ1) is 14.0. The van der Waals surface area contributed by atoms with Gasteiger partial charge in [0, 0.05) is 6.07 Å². The molecule has 0 aromatic heterocycles. The molecular formula is C22H24N2O5. The van der Waals surface area contributed by atoms with Crippen LogP contribution in [0, 0.1) is 35.5 Å². The number of anilines is 1. The lowest BCUT2D eigenvalue weighted by Crippen LogP contribution is -2.46. The van der Waals surface area contributed by atoms with Crippen molar-refractivity contribution >= 4 is 23.4 Å². The molecule has 0 radical (unpaired) electrons. The summed E-state index contributed by atoms with van der Waals surface area (Å²) in [6.07, 6.45) is 5.36. The Bertz CT molecular complexity index is 905. The minimum absolute atomic E-state index is 0.144. The molecule has 7 atom stereocenters. The Labute approximate surface area is 169 Å². The topological polar surface area (TPSA) is 84.9 Å². The van der Waals surface area contributed by atoms with Crippen LogP contribution in [0.2, 0.25) is 0 Å². The summed E-state index contributed by atoms with van der Waals surface area (Å²) in [4.78, 5) is 40.5. The van der Waals surface area contributed by atoms with Crippen molar-refractivity contribution in [3.05, 3.63) is 30.4 Å². The van der Waals surface area contributed by atoms with Crippen LogP contribution >= 0.6 is 0 Å². The van der Waals surface area contributed by atoms with E-state index in [1.807, 2.05) is 0 Å². The second-order valence-electron chi connectivity index (χ2n) is 8.43. The smallest absolute Gasteiger partial charge is 0.247 e. The standard InChI is InChI=1S/C22H24N2O5/c1-10(20(25)23-16-8-11(28-2)4-7-17(16)29-3)24-21(26)18-12-5-6-13(15-9-14(12)15)19(18)22(24)27/h4-8,10,12-15,18-19H,9H2,1-3H3,(H,23,25)/t10-,12-,13-,14-,15+,18-,19+/m0/s1. The maximum Gasteiger partial charge on any atom is 0.247 e. The van der Waals surface area contributed by atoms with E-state index in [2.05, 4.69) is 17.5 Å². The fourth-order valence-electron chi connectivity index (χ4n) is 5.63. The molecule has 1 heterocycles. The van der Waals surface area contributed by atoms with E-state index in [0.29, 0.717) is 29.0 Å². The molecule has 0 spiro atoms. The van der Waals surface area contributed by atoms with E-state index in [4.69, 9.17) is 9.47 Å². The summed E-state index contributed by atoms with van der Waals surface area (Å²) in [7, 11) is 3.04. The van der Waals surface area contributed by atoms with E-state index in [9.17, 15) is 14.4 Å². The zero-order valence-corrected chi connectivity index (χ0v) is 16.6. The van der Waals surface area contributed by atoms with Gasteiger partial charge in [-0.15, -0.1) is 0 Å². The molecule has 2 bridgehead atoms. The van der Waals surface area contributed by atoms with Gasteiger partial charge in [-0.05, 0) is 49.1 Å². The molecule has 1 aromatic carbocycles. The Morgan fingerprint density at radius 1 is 1.07 bits per heavy atom. The minimum Gasteiger partial charge on any atom is -0.497 e. The first-order valence-corrected chi connectivity index (χ1v) is 10.0. The van der Waals surface area contributed by atoms with Crippen LogP contribution in [-0.2, 0) is 14.4 Å². The molecule has 6 rings (SSSR count). The summed E-state index contributed by atoms with van der Waals surface area (Å²) in [5.74, 6) is 0.955. The second-order valence-corrected chi connectivity index (χ2v) is 8.43. The average molecular weight is 396 g/mol. The number of carbonyl (C=O) groups excluding carboxylic acids is 3. The summed E-state index contributed by atoms with van der Waals surface area (Å²) >= 11 is 0. The van der Waals surface area contributed by atoms with Crippen molar-refractivity contribution in [3.8, 4) is 11.5 Å². The van der Waals surface area contributed by atoms with Gasteiger partial charge in [0.25, 0.3) is 0 Å². The predicted octanol–water partition coefficient (Wildman–Crippen LogP) is 2.08. The first kappa shape index (κ1) is 18.2. The summed E-state index contributed by atoms with van der Waals surface area (Å²) in [6, 6.07) is 4.17. The van der Waals surface area contributed by atoms with Gasteiger partial charge in [0.1, 0.15) is 17.5 Å². The molecule has 4 aliphatic carbocycles. The molecule has 1 aliphatic heterocycles. The van der Waals surface area contributed by atoms with Gasteiger partial charge in [0.15, 0.2) is 0 Å². The van der Waals surface area contributed by atoms with E-state index in [-0.39, 0.29) is 35.5 Å². The molecule has 0 unspecified atom stereocenters. The molecular weight excluding hydrogens is 372 g/mol. The maximum absolute atomic E-state index is 13.2. The van der Waals surface area contributed by atoms with Crippen molar-refractivity contribution in [2.24, 2.45) is 35.5 Å². The highest BCUT2D eigenvalue weighted by molar-refractivity contribution is 6.10. The van der Waals surface area contributed by atoms with Crippen LogP contribution in [0.3, 0.4) is 0 Å². The zero-order chi connectivity index (χ0) is 20.4. The number of benzene rings is 1. The lowest BCUT2D eigenvalue weighted by Gasteiger charge is -2.37. The Morgan fingerprint density at radius 2 is 1.69 bits per heavy atom. The van der Waals surface area contributed by atoms with Gasteiger partial charge in [-0.3, -0.25) is 19.3 Å². The third-order valence-corrected chi connectivity index (χ3v) is 7.13. The number of nitrogens with zero attached hydrogens (tertiary/aromatic N) is 1. The van der Waals surface area contributed by atoms with Crippen LogP contribution in [0.25, 0.3) is 0 Å². The lowest BCUT2D eigenvalue weighted by atomic mass is 9.63. The largest absolute Gasteiger partial charge is 0.497 e. The summed E-state index contributed by atoms with van der Waals surface area (Å²) < 4.78 is 10.5. The Hall–Kier alpha value is -2.83. The first-order valence-electron chi connectivity index (χ1n) is 10.0. The highest BCUT2D eigenvalue weighted by atomic mass is 16.5. The fourth-order valence-corrected chi connectivity index (χ4v) is 5.63. The molecule has 3 fully saturated rings. The number of imide groups is 1. The number of carbonyl (C=O) groups is 3. The van der Waals surface area contributed by atoms with Crippen molar-refractivity contribution in [1.29, 1.82) is 0 Å². The van der Waals surface area contributed by atoms with Crippen LogP contribution in [-0.4, -0.2) is 42.9 Å². The monoisotopic (exact) mass is 396 g/mol. The molecule has 1 N–H and O–H groups in total. The van der Waals surface area contributed by atoms with Crippen LogP contribution < -0.4 is 14.8 Å². The van der Waals surface area contributed by atoms with Crippen LogP contribution in [0.5, 0.6) is 11.5 Å². The SMILES string of the molecule is COc1ccc(OC)c(NC(=O)[C@H](C)N2C(=O)[C@@H]3[C@H]4C=C[C@@H]([C@@H]5C[C@H]45)[C@@H]3C2=O)c1. The number of hydrogen-bond donors (Lipinski definition) is 1. The van der Waals surface area contributed by atoms with Gasteiger partial charge in [-0.2, -0.15) is 0 Å². The number of likely N-dealkylation sites (tertiary alicyclic amines) is 1.